The standard InChI is InChI=1S/C24H28N6O4/c1-15(2)29(19-11-12-20(31)30(27)23(19)33)24(34)22-17(9-6-10-18(22)25)14-28(26)21(32)13-16-7-4-3-5-8-16/h3-10,19H,1,11-14,25-27H2,2H3. The van der Waals surface area contributed by atoms with E-state index in [9.17, 15) is 19.2 Å². The van der Waals surface area contributed by atoms with Crippen molar-refractivity contribution in [2.24, 2.45) is 11.7 Å². The lowest BCUT2D eigenvalue weighted by Crippen LogP contribution is -2.58. The van der Waals surface area contributed by atoms with Crippen molar-refractivity contribution in [1.29, 1.82) is 0 Å². The molecule has 2 aromatic carbocycles. The van der Waals surface area contributed by atoms with Gasteiger partial charge in [-0.3, -0.25) is 24.2 Å². The normalized spacial score (nSPS) is 15.7. The molecule has 6 N–H and O–H groups in total. The number of amides is 4. The van der Waals surface area contributed by atoms with Crippen LogP contribution in [-0.2, 0) is 27.3 Å². The number of imide groups is 1. The Balaban J connectivity index is 1.88. The third-order valence-corrected chi connectivity index (χ3v) is 5.62. The summed E-state index contributed by atoms with van der Waals surface area (Å²) >= 11 is 0. The molecule has 1 aliphatic heterocycles. The maximum absolute atomic E-state index is 13.6. The third kappa shape index (κ3) is 5.13. The third-order valence-electron chi connectivity index (χ3n) is 5.62. The van der Waals surface area contributed by atoms with Gasteiger partial charge in [-0.2, -0.15) is 0 Å². The first-order valence-corrected chi connectivity index (χ1v) is 10.7. The first-order chi connectivity index (χ1) is 16.1. The van der Waals surface area contributed by atoms with Crippen LogP contribution in [0.1, 0.15) is 41.3 Å². The second-order valence-corrected chi connectivity index (χ2v) is 8.13. The van der Waals surface area contributed by atoms with E-state index >= 15 is 0 Å². The molecule has 0 spiro atoms. The fourth-order valence-electron chi connectivity index (χ4n) is 3.88. The van der Waals surface area contributed by atoms with Gasteiger partial charge in [-0.05, 0) is 30.5 Å². The number of hydrogen-bond acceptors (Lipinski definition) is 7. The topological polar surface area (TPSA) is 156 Å². The molecule has 1 unspecified atom stereocenters. The highest BCUT2D eigenvalue weighted by atomic mass is 16.2. The number of anilines is 1. The summed E-state index contributed by atoms with van der Waals surface area (Å²) in [6.07, 6.45) is 0.202. The van der Waals surface area contributed by atoms with Crippen molar-refractivity contribution in [3.8, 4) is 0 Å². The number of hydrazine groups is 2. The molecule has 0 bridgehead atoms. The molecule has 34 heavy (non-hydrogen) atoms. The van der Waals surface area contributed by atoms with E-state index in [1.165, 1.54) is 4.90 Å². The number of carbonyl (C=O) groups is 4. The van der Waals surface area contributed by atoms with E-state index in [0.717, 1.165) is 10.6 Å². The van der Waals surface area contributed by atoms with E-state index in [4.69, 9.17) is 17.4 Å². The number of nitrogen functional groups attached to an aromatic ring is 1. The van der Waals surface area contributed by atoms with Gasteiger partial charge < -0.3 is 10.6 Å². The Bertz CT molecular complexity index is 1130. The van der Waals surface area contributed by atoms with Gasteiger partial charge in [-0.1, -0.05) is 49.0 Å². The summed E-state index contributed by atoms with van der Waals surface area (Å²) in [7, 11) is 0. The number of nitrogens with zero attached hydrogens (tertiary/aromatic N) is 3. The van der Waals surface area contributed by atoms with Crippen LogP contribution in [0, 0.1) is 0 Å². The first-order valence-electron chi connectivity index (χ1n) is 10.7. The molecule has 1 saturated heterocycles. The van der Waals surface area contributed by atoms with Crippen LogP contribution in [0.25, 0.3) is 0 Å². The zero-order chi connectivity index (χ0) is 25.0. The van der Waals surface area contributed by atoms with Crippen LogP contribution in [0.15, 0.2) is 60.8 Å². The van der Waals surface area contributed by atoms with Gasteiger partial charge in [0.25, 0.3) is 11.8 Å². The van der Waals surface area contributed by atoms with Crippen molar-refractivity contribution >= 4 is 29.3 Å². The molecule has 1 fully saturated rings. The van der Waals surface area contributed by atoms with Crippen LogP contribution in [0.5, 0.6) is 0 Å². The van der Waals surface area contributed by atoms with E-state index in [1.807, 2.05) is 30.3 Å². The molecule has 0 saturated carbocycles. The number of carbonyl (C=O) groups excluding carboxylic acids is 4. The number of nitrogens with two attached hydrogens (primary N) is 3. The molecule has 1 heterocycles. The van der Waals surface area contributed by atoms with Crippen molar-refractivity contribution in [2.45, 2.75) is 38.8 Å². The van der Waals surface area contributed by atoms with Crippen LogP contribution < -0.4 is 17.4 Å². The van der Waals surface area contributed by atoms with Crippen LogP contribution in [0.3, 0.4) is 0 Å². The molecule has 3 rings (SSSR count). The Morgan fingerprint density at radius 2 is 1.79 bits per heavy atom. The molecule has 0 radical (unpaired) electrons. The fourth-order valence-corrected chi connectivity index (χ4v) is 3.88. The van der Waals surface area contributed by atoms with Crippen molar-refractivity contribution < 1.29 is 19.2 Å². The van der Waals surface area contributed by atoms with Crippen LogP contribution in [-0.4, -0.2) is 44.6 Å². The zero-order valence-corrected chi connectivity index (χ0v) is 18.9. The SMILES string of the molecule is C=C(C)N(C(=O)c1c(N)cccc1CN(N)C(=O)Cc1ccccc1)C1CCC(=O)N(N)C1=O. The van der Waals surface area contributed by atoms with Gasteiger partial charge in [0.05, 0.1) is 18.5 Å². The molecule has 0 aliphatic carbocycles. The summed E-state index contributed by atoms with van der Waals surface area (Å²) in [6, 6.07) is 13.0. The minimum atomic E-state index is -1.01. The van der Waals surface area contributed by atoms with E-state index in [0.29, 0.717) is 10.6 Å². The van der Waals surface area contributed by atoms with Gasteiger partial charge in [0.1, 0.15) is 6.04 Å². The maximum atomic E-state index is 13.6. The Morgan fingerprint density at radius 3 is 2.44 bits per heavy atom. The predicted octanol–water partition coefficient (Wildman–Crippen LogP) is 1.08. The van der Waals surface area contributed by atoms with E-state index < -0.39 is 23.8 Å². The summed E-state index contributed by atoms with van der Waals surface area (Å²) in [6.45, 7) is 5.32. The van der Waals surface area contributed by atoms with Gasteiger partial charge in [-0.25, -0.2) is 16.7 Å². The number of benzene rings is 2. The molecular weight excluding hydrogens is 436 g/mol. The summed E-state index contributed by atoms with van der Waals surface area (Å²) in [4.78, 5) is 51.9. The number of allylic oxidation sites excluding steroid dienone is 1. The van der Waals surface area contributed by atoms with Crippen molar-refractivity contribution in [3.63, 3.8) is 0 Å². The Labute approximate surface area is 197 Å². The predicted molar refractivity (Wildman–Crippen MR) is 126 cm³/mol. The Morgan fingerprint density at radius 1 is 1.12 bits per heavy atom. The smallest absolute Gasteiger partial charge is 0.266 e. The minimum absolute atomic E-state index is 0.00562. The highest BCUT2D eigenvalue weighted by Gasteiger charge is 2.40. The monoisotopic (exact) mass is 464 g/mol. The molecule has 10 heteroatoms. The van der Waals surface area contributed by atoms with Crippen molar-refractivity contribution in [1.82, 2.24) is 14.9 Å². The van der Waals surface area contributed by atoms with Crippen LogP contribution in [0.4, 0.5) is 5.69 Å². The molecule has 0 aromatic heterocycles. The van der Waals surface area contributed by atoms with Gasteiger partial charge in [-0.15, -0.1) is 0 Å². The molecule has 178 valence electrons. The average molecular weight is 465 g/mol. The summed E-state index contributed by atoms with van der Waals surface area (Å²) in [5.41, 5.74) is 7.90. The minimum Gasteiger partial charge on any atom is -0.398 e. The molecular formula is C24H28N6O4. The molecule has 1 atom stereocenters. The fraction of sp³-hybridized carbons (Fsp3) is 0.250. The van der Waals surface area contributed by atoms with E-state index in [1.54, 1.807) is 25.1 Å². The molecule has 4 amide bonds. The zero-order valence-electron chi connectivity index (χ0n) is 18.9. The van der Waals surface area contributed by atoms with Gasteiger partial charge in [0.15, 0.2) is 0 Å². The van der Waals surface area contributed by atoms with Crippen molar-refractivity contribution in [3.05, 3.63) is 77.5 Å². The lowest BCUT2D eigenvalue weighted by molar-refractivity contribution is -0.152. The van der Waals surface area contributed by atoms with Gasteiger partial charge in [0.2, 0.25) is 11.8 Å². The Hall–Kier alpha value is -4.02. The number of piperidine rings is 1. The summed E-state index contributed by atoms with van der Waals surface area (Å²) in [5, 5.41) is 1.55. The summed E-state index contributed by atoms with van der Waals surface area (Å²) in [5.74, 6) is 9.46. The second-order valence-electron chi connectivity index (χ2n) is 8.13. The number of hydrogen-bond donors (Lipinski definition) is 3. The molecule has 10 nitrogen and oxygen atoms in total. The lowest BCUT2D eigenvalue weighted by Gasteiger charge is -2.36. The molecule has 1 aliphatic rings. The second kappa shape index (κ2) is 10.3. The average Bonchev–Trinajstić information content (AvgIpc) is 2.79. The largest absolute Gasteiger partial charge is 0.398 e. The number of rotatable bonds is 7. The van der Waals surface area contributed by atoms with Crippen LogP contribution >= 0.6 is 0 Å². The van der Waals surface area contributed by atoms with Crippen molar-refractivity contribution in [2.75, 3.05) is 5.73 Å². The van der Waals surface area contributed by atoms with Gasteiger partial charge in [0, 0.05) is 17.8 Å². The highest BCUT2D eigenvalue weighted by Crippen LogP contribution is 2.27. The lowest BCUT2D eigenvalue weighted by atomic mass is 9.99. The Kier molecular flexibility index (Phi) is 7.44. The molecule has 2 aromatic rings. The quantitative estimate of drug-likeness (QED) is 0.182. The van der Waals surface area contributed by atoms with E-state index in [-0.39, 0.29) is 48.7 Å². The first kappa shape index (κ1) is 24.6. The maximum Gasteiger partial charge on any atom is 0.266 e. The van der Waals surface area contributed by atoms with Crippen LogP contribution in [0.2, 0.25) is 0 Å². The van der Waals surface area contributed by atoms with E-state index in [2.05, 4.69) is 6.58 Å². The highest BCUT2D eigenvalue weighted by molar-refractivity contribution is 6.06. The van der Waals surface area contributed by atoms with Gasteiger partial charge >= 0.3 is 0 Å². The summed E-state index contributed by atoms with van der Waals surface area (Å²) < 4.78 is 0.